The van der Waals surface area contributed by atoms with E-state index in [0.29, 0.717) is 5.56 Å². The molecule has 1 atom stereocenters. The molecule has 2 aromatic rings. The Labute approximate surface area is 164 Å². The maximum Gasteiger partial charge on any atom is 0.263 e. The second kappa shape index (κ2) is 8.43. The van der Waals surface area contributed by atoms with Crippen molar-refractivity contribution in [3.63, 3.8) is 0 Å². The lowest BCUT2D eigenvalue weighted by molar-refractivity contribution is -0.121. The molecule has 2 N–H and O–H groups in total. The maximum atomic E-state index is 12.3. The van der Waals surface area contributed by atoms with Crippen LogP contribution in [-0.2, 0) is 14.8 Å². The molecule has 0 spiro atoms. The van der Waals surface area contributed by atoms with E-state index in [2.05, 4.69) is 15.0 Å². The number of hydrogen-bond donors (Lipinski definition) is 2. The van der Waals surface area contributed by atoms with Gasteiger partial charge in [-0.05, 0) is 36.2 Å². The Hall–Kier alpha value is -2.87. The van der Waals surface area contributed by atoms with Gasteiger partial charge in [0.05, 0.1) is 24.6 Å². The van der Waals surface area contributed by atoms with Gasteiger partial charge >= 0.3 is 0 Å². The fraction of sp³-hybridized carbons (Fsp3) is 0.300. The third-order valence-electron chi connectivity index (χ3n) is 4.53. The van der Waals surface area contributed by atoms with E-state index in [9.17, 15) is 13.2 Å². The molecule has 0 fully saturated rings. The minimum Gasteiger partial charge on any atom is -0.497 e. The highest BCUT2D eigenvalue weighted by Gasteiger charge is 2.29. The van der Waals surface area contributed by atoms with Gasteiger partial charge in [-0.3, -0.25) is 14.5 Å². The number of amides is 1. The molecule has 0 aliphatic carbocycles. The number of ether oxygens (including phenoxy) is 1. The van der Waals surface area contributed by atoms with Crippen LogP contribution < -0.4 is 14.8 Å². The lowest BCUT2D eigenvalue weighted by Gasteiger charge is -2.17. The van der Waals surface area contributed by atoms with Gasteiger partial charge in [-0.2, -0.15) is 0 Å². The molecule has 0 bridgehead atoms. The van der Waals surface area contributed by atoms with Crippen LogP contribution in [0.15, 0.2) is 58.4 Å². The van der Waals surface area contributed by atoms with Crippen molar-refractivity contribution in [1.82, 2.24) is 10.0 Å². The van der Waals surface area contributed by atoms with Gasteiger partial charge in [0, 0.05) is 12.0 Å². The smallest absolute Gasteiger partial charge is 0.263 e. The van der Waals surface area contributed by atoms with Crippen LogP contribution in [0.1, 0.15) is 36.9 Å². The van der Waals surface area contributed by atoms with Crippen molar-refractivity contribution >= 4 is 21.8 Å². The van der Waals surface area contributed by atoms with Crippen LogP contribution in [0.25, 0.3) is 0 Å². The first-order valence-corrected chi connectivity index (χ1v) is 10.5. The molecule has 148 valence electrons. The van der Waals surface area contributed by atoms with E-state index in [0.717, 1.165) is 17.7 Å². The minimum atomic E-state index is -3.56. The first kappa shape index (κ1) is 19.9. The lowest BCUT2D eigenvalue weighted by Crippen LogP contribution is -2.29. The third kappa shape index (κ3) is 4.33. The Morgan fingerprint density at radius 3 is 2.57 bits per heavy atom. The van der Waals surface area contributed by atoms with Gasteiger partial charge in [0.2, 0.25) is 5.91 Å². The molecule has 0 saturated carbocycles. The molecule has 0 aromatic heterocycles. The van der Waals surface area contributed by atoms with E-state index in [4.69, 9.17) is 4.74 Å². The molecule has 7 nitrogen and oxygen atoms in total. The van der Waals surface area contributed by atoms with Crippen molar-refractivity contribution in [2.45, 2.75) is 30.7 Å². The lowest BCUT2D eigenvalue weighted by atomic mass is 10.0. The molecule has 0 saturated heterocycles. The predicted molar refractivity (Wildman–Crippen MR) is 107 cm³/mol. The summed E-state index contributed by atoms with van der Waals surface area (Å²) < 4.78 is 31.7. The molecule has 1 heterocycles. The number of carbonyl (C=O) groups excluding carboxylic acids is 1. The maximum absolute atomic E-state index is 12.3. The predicted octanol–water partition coefficient (Wildman–Crippen LogP) is 2.39. The number of hydrogen-bond acceptors (Lipinski definition) is 5. The number of benzene rings is 2. The molecule has 1 amide bonds. The highest BCUT2D eigenvalue weighted by molar-refractivity contribution is 7.90. The number of carbonyl (C=O) groups is 1. The van der Waals surface area contributed by atoms with E-state index in [1.165, 1.54) is 6.07 Å². The molecule has 8 heteroatoms. The van der Waals surface area contributed by atoms with Crippen molar-refractivity contribution in [3.8, 4) is 5.75 Å². The first-order chi connectivity index (χ1) is 13.4. The van der Waals surface area contributed by atoms with E-state index in [1.807, 2.05) is 31.2 Å². The van der Waals surface area contributed by atoms with E-state index >= 15 is 0 Å². The first-order valence-electron chi connectivity index (χ1n) is 9.04. The number of rotatable bonds is 7. The number of aliphatic imine (C=N–C) groups is 1. The minimum absolute atomic E-state index is 0.100. The Morgan fingerprint density at radius 1 is 1.18 bits per heavy atom. The van der Waals surface area contributed by atoms with Crippen LogP contribution in [-0.4, -0.2) is 33.8 Å². The summed E-state index contributed by atoms with van der Waals surface area (Å²) in [6.07, 6.45) is 0.916. The summed E-state index contributed by atoms with van der Waals surface area (Å²) in [4.78, 5) is 16.8. The second-order valence-corrected chi connectivity index (χ2v) is 8.03. The van der Waals surface area contributed by atoms with E-state index < -0.39 is 10.0 Å². The molecule has 0 radical (unpaired) electrons. The summed E-state index contributed by atoms with van der Waals surface area (Å²) in [5.74, 6) is 0.909. The van der Waals surface area contributed by atoms with Gasteiger partial charge in [0.25, 0.3) is 10.0 Å². The van der Waals surface area contributed by atoms with Crippen LogP contribution in [0.3, 0.4) is 0 Å². The number of sulfonamides is 1. The van der Waals surface area contributed by atoms with Crippen molar-refractivity contribution in [1.29, 1.82) is 0 Å². The zero-order valence-electron chi connectivity index (χ0n) is 15.8. The molecule has 1 aliphatic heterocycles. The number of nitrogens with one attached hydrogen (secondary N) is 2. The molecular formula is C20H23N3O4S. The summed E-state index contributed by atoms with van der Waals surface area (Å²) in [6, 6.07) is 14.1. The molecule has 3 rings (SSSR count). The quantitative estimate of drug-likeness (QED) is 0.744. The topological polar surface area (TPSA) is 96.9 Å². The molecule has 1 aliphatic rings. The van der Waals surface area contributed by atoms with Crippen molar-refractivity contribution in [2.75, 3.05) is 13.7 Å². The normalized spacial score (nSPS) is 16.9. The average molecular weight is 401 g/mol. The van der Waals surface area contributed by atoms with Crippen LogP contribution in [0, 0.1) is 0 Å². The van der Waals surface area contributed by atoms with Gasteiger partial charge < -0.3 is 10.1 Å². The summed E-state index contributed by atoms with van der Waals surface area (Å²) in [5.41, 5.74) is 1.54. The number of amidine groups is 1. The molecule has 1 unspecified atom stereocenters. The van der Waals surface area contributed by atoms with Crippen molar-refractivity contribution in [2.24, 2.45) is 4.99 Å². The van der Waals surface area contributed by atoms with E-state index in [1.54, 1.807) is 25.3 Å². The van der Waals surface area contributed by atoms with Crippen LogP contribution in [0.2, 0.25) is 0 Å². The molecule has 28 heavy (non-hydrogen) atoms. The van der Waals surface area contributed by atoms with Gasteiger partial charge in [-0.25, -0.2) is 8.42 Å². The largest absolute Gasteiger partial charge is 0.497 e. The number of nitrogens with zero attached hydrogens (tertiary/aromatic N) is 1. The molecular weight excluding hydrogens is 378 g/mol. The van der Waals surface area contributed by atoms with Crippen LogP contribution in [0.4, 0.5) is 0 Å². The van der Waals surface area contributed by atoms with Gasteiger partial charge in [0.15, 0.2) is 0 Å². The Bertz CT molecular complexity index is 985. The highest BCUT2D eigenvalue weighted by Crippen LogP contribution is 2.22. The summed E-state index contributed by atoms with van der Waals surface area (Å²) in [7, 11) is -1.95. The summed E-state index contributed by atoms with van der Waals surface area (Å²) in [6.45, 7) is 2.19. The number of methoxy groups -OCH3 is 1. The monoisotopic (exact) mass is 401 g/mol. The van der Waals surface area contributed by atoms with Crippen molar-refractivity contribution < 1.29 is 17.9 Å². The number of fused-ring (bicyclic) bond motifs is 1. The third-order valence-corrected chi connectivity index (χ3v) is 5.93. The van der Waals surface area contributed by atoms with Gasteiger partial charge in [-0.15, -0.1) is 0 Å². The fourth-order valence-corrected chi connectivity index (χ4v) is 4.30. The standard InChI is InChI=1S/C20H23N3O4S/c1-3-17(14-8-10-15(27-2)11-9-14)22-19(24)12-13-21-20-16-6-4-5-7-18(16)28(25,26)23-20/h4-11,17H,3,12-13H2,1-2H3,(H,21,23)(H,22,24). The Kier molecular flexibility index (Phi) is 5.99. The Morgan fingerprint density at radius 2 is 1.89 bits per heavy atom. The van der Waals surface area contributed by atoms with Gasteiger partial charge in [-0.1, -0.05) is 31.2 Å². The highest BCUT2D eigenvalue weighted by atomic mass is 32.2. The van der Waals surface area contributed by atoms with E-state index in [-0.39, 0.29) is 35.6 Å². The summed E-state index contributed by atoms with van der Waals surface area (Å²) >= 11 is 0. The second-order valence-electron chi connectivity index (χ2n) is 6.38. The van der Waals surface area contributed by atoms with Crippen LogP contribution >= 0.6 is 0 Å². The fourth-order valence-electron chi connectivity index (χ4n) is 3.04. The average Bonchev–Trinajstić information content (AvgIpc) is 2.97. The zero-order valence-corrected chi connectivity index (χ0v) is 16.6. The molecule has 2 aromatic carbocycles. The van der Waals surface area contributed by atoms with Crippen molar-refractivity contribution in [3.05, 3.63) is 59.7 Å². The Balaban J connectivity index is 1.60. The SMILES string of the molecule is CCC(NC(=O)CCN=C1NS(=O)(=O)c2ccccc21)c1ccc(OC)cc1. The zero-order chi connectivity index (χ0) is 20.1. The van der Waals surface area contributed by atoms with Gasteiger partial charge in [0.1, 0.15) is 11.6 Å². The van der Waals surface area contributed by atoms with Crippen LogP contribution in [0.5, 0.6) is 5.75 Å². The summed E-state index contributed by atoms with van der Waals surface area (Å²) in [5, 5.41) is 2.99.